The second-order valence-electron chi connectivity index (χ2n) is 10.0. The number of rotatable bonds is 7. The fraction of sp³-hybridized carbons (Fsp3) is 0.258. The van der Waals surface area contributed by atoms with Gasteiger partial charge in [0, 0.05) is 47.3 Å². The first-order valence-electron chi connectivity index (χ1n) is 13.6. The van der Waals surface area contributed by atoms with Crippen LogP contribution in [0.3, 0.4) is 0 Å². The SMILES string of the molecule is CCN(CC)C(=O)C1=C(C)N=c2s/c(=C/c3cc(C)n(-c4ccc([N+](=O)[O-])cc4)c3C)c(=O)n2[C@@H]1c1ccc(Cl)cc1. The smallest absolute Gasteiger partial charge is 0.271 e. The Morgan fingerprint density at radius 1 is 1.10 bits per heavy atom. The molecule has 4 aromatic rings. The predicted molar refractivity (Wildman–Crippen MR) is 165 cm³/mol. The van der Waals surface area contributed by atoms with Crippen molar-refractivity contribution in [3.05, 3.63) is 123 Å². The molecule has 11 heteroatoms. The fourth-order valence-corrected chi connectivity index (χ4v) is 6.60. The molecule has 5 rings (SSSR count). The number of nitro groups is 1. The highest BCUT2D eigenvalue weighted by Gasteiger charge is 2.34. The summed E-state index contributed by atoms with van der Waals surface area (Å²) in [5, 5.41) is 11.7. The molecule has 1 atom stereocenters. The van der Waals surface area contributed by atoms with Crippen molar-refractivity contribution in [2.45, 2.75) is 40.7 Å². The molecule has 2 aromatic heterocycles. The number of amides is 1. The van der Waals surface area contributed by atoms with Crippen LogP contribution in [0.15, 0.2) is 75.7 Å². The van der Waals surface area contributed by atoms with Crippen LogP contribution in [0.5, 0.6) is 0 Å². The molecular formula is C31H30ClN5O4S. The van der Waals surface area contributed by atoms with E-state index in [2.05, 4.69) is 0 Å². The number of nitro benzene ring substituents is 1. The summed E-state index contributed by atoms with van der Waals surface area (Å²) >= 11 is 7.47. The summed E-state index contributed by atoms with van der Waals surface area (Å²) < 4.78 is 4.09. The van der Waals surface area contributed by atoms with Crippen molar-refractivity contribution < 1.29 is 9.72 Å². The molecule has 216 valence electrons. The highest BCUT2D eigenvalue weighted by molar-refractivity contribution is 7.07. The molecular weight excluding hydrogens is 574 g/mol. The van der Waals surface area contributed by atoms with Crippen molar-refractivity contribution in [2.24, 2.45) is 4.99 Å². The normalized spacial score (nSPS) is 15.0. The number of likely N-dealkylation sites (N-methyl/N-ethyl adjacent to an activating group) is 1. The zero-order valence-electron chi connectivity index (χ0n) is 23.9. The Bertz CT molecular complexity index is 1910. The number of carbonyl (C=O) groups excluding carboxylic acids is 1. The van der Waals surface area contributed by atoms with Crippen molar-refractivity contribution in [3.8, 4) is 5.69 Å². The van der Waals surface area contributed by atoms with Gasteiger partial charge in [0.15, 0.2) is 4.80 Å². The number of carbonyl (C=O) groups is 1. The second-order valence-corrected chi connectivity index (χ2v) is 11.5. The maximum absolute atomic E-state index is 14.1. The lowest BCUT2D eigenvalue weighted by atomic mass is 9.94. The van der Waals surface area contributed by atoms with Crippen molar-refractivity contribution in [3.63, 3.8) is 0 Å². The van der Waals surface area contributed by atoms with E-state index >= 15 is 0 Å². The molecule has 2 aromatic carbocycles. The van der Waals surface area contributed by atoms with Crippen molar-refractivity contribution in [2.75, 3.05) is 13.1 Å². The van der Waals surface area contributed by atoms with E-state index in [0.717, 1.165) is 28.2 Å². The highest BCUT2D eigenvalue weighted by atomic mass is 35.5. The van der Waals surface area contributed by atoms with Gasteiger partial charge < -0.3 is 9.47 Å². The van der Waals surface area contributed by atoms with E-state index in [4.69, 9.17) is 16.6 Å². The summed E-state index contributed by atoms with van der Waals surface area (Å²) in [4.78, 5) is 45.5. The summed E-state index contributed by atoms with van der Waals surface area (Å²) in [7, 11) is 0. The molecule has 0 bridgehead atoms. The Kier molecular flexibility index (Phi) is 8.03. The summed E-state index contributed by atoms with van der Waals surface area (Å²) in [6.45, 7) is 10.6. The standard InChI is InChI=1S/C31H30ClN5O4S/c1-6-34(7-2)30(39)27-19(4)33-31-36(28(27)21-8-10-23(32)11-9-21)29(38)26(42-31)17-22-16-18(3)35(20(22)5)24-12-14-25(15-13-24)37(40)41/h8-17,28H,6-7H2,1-5H3/b26-17+/t28-/m1/s1. The molecule has 0 radical (unpaired) electrons. The van der Waals surface area contributed by atoms with Gasteiger partial charge in [0.05, 0.1) is 26.8 Å². The zero-order valence-corrected chi connectivity index (χ0v) is 25.5. The second kappa shape index (κ2) is 11.5. The number of hydrogen-bond acceptors (Lipinski definition) is 6. The number of aromatic nitrogens is 2. The third-order valence-electron chi connectivity index (χ3n) is 7.56. The third-order valence-corrected chi connectivity index (χ3v) is 8.80. The zero-order chi connectivity index (χ0) is 30.3. The summed E-state index contributed by atoms with van der Waals surface area (Å²) in [6, 6.07) is 14.9. The van der Waals surface area contributed by atoms with E-state index in [1.54, 1.807) is 33.7 Å². The average Bonchev–Trinajstić information content (AvgIpc) is 3.42. The van der Waals surface area contributed by atoms with Gasteiger partial charge in [-0.05, 0) is 82.2 Å². The third kappa shape index (κ3) is 5.12. The Balaban J connectivity index is 1.66. The Labute approximate surface area is 251 Å². The molecule has 0 aliphatic carbocycles. The maximum atomic E-state index is 14.1. The molecule has 9 nitrogen and oxygen atoms in total. The number of allylic oxidation sites excluding steroid dienone is 1. The van der Waals surface area contributed by atoms with Crippen LogP contribution in [0.2, 0.25) is 5.02 Å². The first-order chi connectivity index (χ1) is 20.0. The molecule has 0 fully saturated rings. The van der Waals surface area contributed by atoms with Crippen molar-refractivity contribution in [1.82, 2.24) is 14.0 Å². The molecule has 0 saturated carbocycles. The first kappa shape index (κ1) is 29.2. The van der Waals surface area contributed by atoms with E-state index in [9.17, 15) is 19.7 Å². The van der Waals surface area contributed by atoms with Crippen LogP contribution in [-0.2, 0) is 4.79 Å². The lowest BCUT2D eigenvalue weighted by Gasteiger charge is -2.29. The molecule has 0 saturated heterocycles. The van der Waals surface area contributed by atoms with Gasteiger partial charge in [-0.3, -0.25) is 24.3 Å². The van der Waals surface area contributed by atoms with E-state index in [1.165, 1.54) is 23.5 Å². The Morgan fingerprint density at radius 2 is 1.74 bits per heavy atom. The molecule has 1 aliphatic heterocycles. The number of halogens is 1. The van der Waals surface area contributed by atoms with Gasteiger partial charge in [-0.25, -0.2) is 4.99 Å². The van der Waals surface area contributed by atoms with Gasteiger partial charge in [0.2, 0.25) is 0 Å². The fourth-order valence-electron chi connectivity index (χ4n) is 5.43. The lowest BCUT2D eigenvalue weighted by Crippen LogP contribution is -2.43. The van der Waals surface area contributed by atoms with E-state index in [0.29, 0.717) is 38.7 Å². The average molecular weight is 604 g/mol. The van der Waals surface area contributed by atoms with Gasteiger partial charge in [-0.2, -0.15) is 0 Å². The molecule has 42 heavy (non-hydrogen) atoms. The van der Waals surface area contributed by atoms with Crippen molar-refractivity contribution >= 4 is 40.6 Å². The number of non-ortho nitro benzene ring substituents is 1. The van der Waals surface area contributed by atoms with E-state index < -0.39 is 11.0 Å². The van der Waals surface area contributed by atoms with Gasteiger partial charge in [0.25, 0.3) is 17.2 Å². The maximum Gasteiger partial charge on any atom is 0.271 e. The minimum Gasteiger partial charge on any atom is -0.339 e. The lowest BCUT2D eigenvalue weighted by molar-refractivity contribution is -0.384. The molecule has 0 unspecified atom stereocenters. The van der Waals surface area contributed by atoms with Crippen LogP contribution in [0.4, 0.5) is 5.69 Å². The largest absolute Gasteiger partial charge is 0.339 e. The van der Waals surface area contributed by atoms with E-state index in [1.807, 2.05) is 63.5 Å². The number of fused-ring (bicyclic) bond motifs is 1. The van der Waals surface area contributed by atoms with Crippen LogP contribution in [0, 0.1) is 24.0 Å². The minimum atomic E-state index is -0.652. The Morgan fingerprint density at radius 3 is 2.33 bits per heavy atom. The molecule has 1 amide bonds. The minimum absolute atomic E-state index is 0.0203. The number of benzene rings is 2. The molecule has 1 aliphatic rings. The number of hydrogen-bond donors (Lipinski definition) is 0. The summed E-state index contributed by atoms with van der Waals surface area (Å²) in [5.41, 5.74) is 5.03. The van der Waals surface area contributed by atoms with Crippen LogP contribution < -0.4 is 14.9 Å². The van der Waals surface area contributed by atoms with Crippen LogP contribution in [0.1, 0.15) is 49.3 Å². The van der Waals surface area contributed by atoms with Gasteiger partial charge in [0.1, 0.15) is 0 Å². The number of thiazole rings is 1. The topological polar surface area (TPSA) is 103 Å². The monoisotopic (exact) mass is 603 g/mol. The predicted octanol–water partition coefficient (Wildman–Crippen LogP) is 5.07. The van der Waals surface area contributed by atoms with Gasteiger partial charge in [-0.1, -0.05) is 35.1 Å². The molecule has 0 spiro atoms. The van der Waals surface area contributed by atoms with Crippen LogP contribution in [-0.4, -0.2) is 38.0 Å². The highest BCUT2D eigenvalue weighted by Crippen LogP contribution is 2.32. The van der Waals surface area contributed by atoms with Gasteiger partial charge in [-0.15, -0.1) is 0 Å². The molecule has 0 N–H and O–H groups in total. The number of nitrogens with zero attached hydrogens (tertiary/aromatic N) is 5. The van der Waals surface area contributed by atoms with E-state index in [-0.39, 0.29) is 17.2 Å². The van der Waals surface area contributed by atoms with Crippen molar-refractivity contribution in [1.29, 1.82) is 0 Å². The van der Waals surface area contributed by atoms with Crippen LogP contribution >= 0.6 is 22.9 Å². The van der Waals surface area contributed by atoms with Gasteiger partial charge >= 0.3 is 0 Å². The molecule has 3 heterocycles. The summed E-state index contributed by atoms with van der Waals surface area (Å²) in [6.07, 6.45) is 1.85. The van der Waals surface area contributed by atoms with Crippen LogP contribution in [0.25, 0.3) is 11.8 Å². The Hall–Kier alpha value is -4.28. The number of aryl methyl sites for hydroxylation is 1. The quantitative estimate of drug-likeness (QED) is 0.217. The summed E-state index contributed by atoms with van der Waals surface area (Å²) in [5.74, 6) is -0.151. The first-order valence-corrected chi connectivity index (χ1v) is 14.8.